The summed E-state index contributed by atoms with van der Waals surface area (Å²) in [6, 6.07) is -0.785. The molecule has 3 aliphatic rings. The van der Waals surface area contributed by atoms with Crippen LogP contribution in [0.15, 0.2) is 17.1 Å². The van der Waals surface area contributed by atoms with Crippen LogP contribution in [0.2, 0.25) is 0 Å². The number of carbonyl (C=O) groups is 3. The van der Waals surface area contributed by atoms with Crippen LogP contribution < -0.4 is 22.1 Å². The summed E-state index contributed by atoms with van der Waals surface area (Å²) in [5.74, 6) is -8.16. The highest BCUT2D eigenvalue weighted by Gasteiger charge is 2.59. The Morgan fingerprint density at radius 1 is 0.933 bits per heavy atom. The molecular formula is C28H45N5O25P2. The van der Waals surface area contributed by atoms with Gasteiger partial charge in [-0.3, -0.25) is 23.2 Å². The molecule has 3 aliphatic heterocycles. The molecular weight excluding hydrogens is 868 g/mol. The van der Waals surface area contributed by atoms with Crippen molar-refractivity contribution in [3.05, 3.63) is 22.7 Å². The van der Waals surface area contributed by atoms with Crippen LogP contribution in [0.1, 0.15) is 19.1 Å². The number of carbonyl (C=O) groups excluding carboxylic acids is 2. The SMILES string of the molecule is Nc1ccn(C2OC(COP(=O)(O)OC3(C(=O)O)CC(O)C(NC(=O)CNC(=O)C[C@H]4OC(COP(=O)(O)O)[C@@H](O)[C@H](O)C4O)C([C@H](O)[C@H](O)CO)O3)C(O)C2O)c(=O)n1. The number of aliphatic hydroxyl groups excluding tert-OH is 9. The fraction of sp³-hybridized carbons (Fsp3) is 0.750. The van der Waals surface area contributed by atoms with Gasteiger partial charge in [0.05, 0.1) is 51.0 Å². The molecule has 0 spiro atoms. The second-order valence-corrected chi connectivity index (χ2v) is 16.3. The van der Waals surface area contributed by atoms with E-state index in [0.717, 1.165) is 16.8 Å². The first-order chi connectivity index (χ1) is 27.8. The number of rotatable bonds is 18. The standard InChI is InChI=1S/C28H45N5O25P2/c29-14-1-2-33(27(47)31-14)25-23(44)21(42)13(56-25)8-54-60(51,52)58-28(26(45)46)4-9(35)17(24(57-28)18(39)10(36)6-34)32-16(38)5-30-15(37)3-11-19(40)22(43)20(41)12(55-11)7-53-59(48,49)50/h1-2,9-13,17-25,34-36,39-44H,3-8H2,(H,30,37)(H,32,38)(H,45,46)(H,51,52)(H2,29,31,47)(H2,48,49,50)/t9?,10-,11-,12?,13?,17?,18-,19?,20-,21?,22-,23?,24?,25?,28?/m1/s1. The van der Waals surface area contributed by atoms with E-state index in [1.807, 2.05) is 0 Å². The van der Waals surface area contributed by atoms with Crippen molar-refractivity contribution >= 4 is 39.2 Å². The molecule has 17 N–H and O–H groups in total. The summed E-state index contributed by atoms with van der Waals surface area (Å²) >= 11 is 0. The molecule has 60 heavy (non-hydrogen) atoms. The third-order valence-electron chi connectivity index (χ3n) is 9.32. The molecule has 0 aliphatic carbocycles. The number of anilines is 1. The molecule has 11 unspecified atom stereocenters. The zero-order chi connectivity index (χ0) is 45.1. The molecule has 3 saturated heterocycles. The molecule has 1 aromatic heterocycles. The van der Waals surface area contributed by atoms with Gasteiger partial charge in [-0.05, 0) is 6.07 Å². The summed E-state index contributed by atoms with van der Waals surface area (Å²) in [6.45, 7) is -4.31. The monoisotopic (exact) mass is 913 g/mol. The van der Waals surface area contributed by atoms with Crippen LogP contribution in [0, 0.1) is 0 Å². The van der Waals surface area contributed by atoms with Gasteiger partial charge in [-0.15, -0.1) is 0 Å². The molecule has 32 heteroatoms. The normalized spacial score (nSPS) is 35.5. The number of amides is 2. The molecule has 2 amide bonds. The van der Waals surface area contributed by atoms with Crippen LogP contribution >= 0.6 is 15.6 Å². The molecule has 30 nitrogen and oxygen atoms in total. The molecule has 3 fully saturated rings. The molecule has 4 heterocycles. The lowest BCUT2D eigenvalue weighted by atomic mass is 9.88. The number of aliphatic carboxylic acids is 1. The van der Waals surface area contributed by atoms with Gasteiger partial charge < -0.3 is 96.3 Å². The number of aromatic nitrogens is 2. The molecule has 0 aromatic carbocycles. The van der Waals surface area contributed by atoms with E-state index in [0.29, 0.717) is 0 Å². The maximum Gasteiger partial charge on any atom is 0.475 e. The Morgan fingerprint density at radius 3 is 2.13 bits per heavy atom. The Morgan fingerprint density at radius 2 is 1.53 bits per heavy atom. The van der Waals surface area contributed by atoms with Gasteiger partial charge in [0.25, 0.3) is 5.79 Å². The predicted octanol–water partition coefficient (Wildman–Crippen LogP) is -8.83. The maximum absolute atomic E-state index is 13.1. The molecule has 0 saturated carbocycles. The van der Waals surface area contributed by atoms with E-state index in [1.165, 1.54) is 0 Å². The number of nitrogen functional groups attached to an aromatic ring is 1. The summed E-state index contributed by atoms with van der Waals surface area (Å²) in [7, 11) is -10.8. The van der Waals surface area contributed by atoms with Gasteiger partial charge in [0.1, 0.15) is 66.9 Å². The van der Waals surface area contributed by atoms with Crippen molar-refractivity contribution in [1.29, 1.82) is 0 Å². The number of nitrogens with two attached hydrogens (primary N) is 1. The third kappa shape index (κ3) is 12.0. The highest BCUT2D eigenvalue weighted by molar-refractivity contribution is 7.47. The highest BCUT2D eigenvalue weighted by Crippen LogP contribution is 2.51. The number of ether oxygens (including phenoxy) is 3. The van der Waals surface area contributed by atoms with Crippen molar-refractivity contribution in [3.63, 3.8) is 0 Å². The van der Waals surface area contributed by atoms with E-state index in [1.54, 1.807) is 0 Å². The summed E-state index contributed by atoms with van der Waals surface area (Å²) in [5.41, 5.74) is 4.42. The lowest BCUT2D eigenvalue weighted by Gasteiger charge is -2.46. The van der Waals surface area contributed by atoms with E-state index < -0.39 is 170 Å². The Labute approximate surface area is 335 Å². The lowest BCUT2D eigenvalue weighted by Crippen LogP contribution is -2.68. The number of phosphoric ester groups is 2. The number of phosphoric acid groups is 2. The van der Waals surface area contributed by atoms with Gasteiger partial charge in [0, 0.05) is 12.6 Å². The van der Waals surface area contributed by atoms with Crippen LogP contribution in [0.4, 0.5) is 5.82 Å². The highest BCUT2D eigenvalue weighted by atomic mass is 31.2. The maximum atomic E-state index is 13.1. The van der Waals surface area contributed by atoms with Gasteiger partial charge in [-0.25, -0.2) is 23.2 Å². The topological polar surface area (TPSA) is 489 Å². The van der Waals surface area contributed by atoms with Crippen LogP contribution in [-0.4, -0.2) is 205 Å². The van der Waals surface area contributed by atoms with Crippen molar-refractivity contribution in [1.82, 2.24) is 20.2 Å². The summed E-state index contributed by atoms with van der Waals surface area (Å²) in [4.78, 5) is 82.1. The Bertz CT molecular complexity index is 1840. The molecule has 4 rings (SSSR count). The minimum Gasteiger partial charge on any atom is -0.477 e. The quantitative estimate of drug-likeness (QED) is 0.0608. The second-order valence-electron chi connectivity index (χ2n) is 13.6. The van der Waals surface area contributed by atoms with Crippen LogP contribution in [0.25, 0.3) is 0 Å². The van der Waals surface area contributed by atoms with Crippen molar-refractivity contribution in [3.8, 4) is 0 Å². The first-order valence-electron chi connectivity index (χ1n) is 17.4. The van der Waals surface area contributed by atoms with Crippen molar-refractivity contribution in [2.75, 3.05) is 32.1 Å². The Balaban J connectivity index is 1.41. The van der Waals surface area contributed by atoms with Crippen LogP contribution in [-0.2, 0) is 51.3 Å². The largest absolute Gasteiger partial charge is 0.477 e. The molecule has 1 aromatic rings. The zero-order valence-electron chi connectivity index (χ0n) is 30.6. The van der Waals surface area contributed by atoms with Gasteiger partial charge in [0.2, 0.25) is 11.8 Å². The lowest BCUT2D eigenvalue weighted by molar-refractivity contribution is -0.289. The summed E-state index contributed by atoms with van der Waals surface area (Å²) < 4.78 is 54.7. The van der Waals surface area contributed by atoms with E-state index in [2.05, 4.69) is 20.1 Å². The predicted molar refractivity (Wildman–Crippen MR) is 185 cm³/mol. The van der Waals surface area contributed by atoms with Gasteiger partial charge in [-0.2, -0.15) is 4.98 Å². The van der Waals surface area contributed by atoms with Crippen molar-refractivity contribution in [2.45, 2.75) is 104 Å². The number of nitrogens with zero attached hydrogens (tertiary/aromatic N) is 2. The first-order valence-corrected chi connectivity index (χ1v) is 20.4. The average Bonchev–Trinajstić information content (AvgIpc) is 3.44. The van der Waals surface area contributed by atoms with Crippen molar-refractivity contribution in [2.24, 2.45) is 0 Å². The average molecular weight is 914 g/mol. The fourth-order valence-corrected chi connectivity index (χ4v) is 7.55. The first kappa shape index (κ1) is 49.5. The zero-order valence-corrected chi connectivity index (χ0v) is 32.3. The van der Waals surface area contributed by atoms with E-state index in [4.69, 9.17) is 38.8 Å². The minimum absolute atomic E-state index is 0.188. The Hall–Kier alpha value is -3.17. The van der Waals surface area contributed by atoms with Gasteiger partial charge in [0.15, 0.2) is 6.23 Å². The minimum atomic E-state index is -5.73. The molecule has 342 valence electrons. The molecule has 0 radical (unpaired) electrons. The van der Waals surface area contributed by atoms with Gasteiger partial charge in [-0.1, -0.05) is 0 Å². The summed E-state index contributed by atoms with van der Waals surface area (Å²) in [6.07, 6.45) is -26.3. The molecule has 0 bridgehead atoms. The summed E-state index contributed by atoms with van der Waals surface area (Å²) in [5, 5.41) is 107. The Kier molecular flexibility index (Phi) is 16.4. The number of carboxylic acid groups (broad SMARTS) is 1. The van der Waals surface area contributed by atoms with Gasteiger partial charge >= 0.3 is 27.3 Å². The number of aliphatic hydroxyl groups is 9. The van der Waals surface area contributed by atoms with E-state index in [-0.39, 0.29) is 5.82 Å². The van der Waals surface area contributed by atoms with Crippen molar-refractivity contribution < 1.29 is 117 Å². The number of hydrogen-bond acceptors (Lipinski definition) is 23. The second kappa shape index (κ2) is 19.9. The van der Waals surface area contributed by atoms with E-state index in [9.17, 15) is 84.3 Å². The number of nitrogens with one attached hydrogen (secondary N) is 2. The number of carboxylic acids is 1. The third-order valence-corrected chi connectivity index (χ3v) is 10.8. The smallest absolute Gasteiger partial charge is 0.475 e. The number of hydrogen-bond donors (Lipinski definition) is 16. The van der Waals surface area contributed by atoms with Crippen LogP contribution in [0.3, 0.4) is 0 Å². The van der Waals surface area contributed by atoms with E-state index >= 15 is 0 Å². The fourth-order valence-electron chi connectivity index (χ4n) is 6.26. The molecule has 16 atom stereocenters. The van der Waals surface area contributed by atoms with Crippen LogP contribution in [0.5, 0.6) is 0 Å².